The van der Waals surface area contributed by atoms with Gasteiger partial charge in [0, 0.05) is 7.05 Å². The maximum atomic E-state index is 11.7. The molecule has 0 aliphatic carbocycles. The molecule has 0 saturated heterocycles. The number of carbonyl (C=O) groups is 2. The predicted molar refractivity (Wildman–Crippen MR) is 67.9 cm³/mol. The van der Waals surface area contributed by atoms with Gasteiger partial charge in [-0.1, -0.05) is 0 Å². The van der Waals surface area contributed by atoms with E-state index in [1.807, 2.05) is 0 Å². The van der Waals surface area contributed by atoms with Crippen molar-refractivity contribution in [3.8, 4) is 0 Å². The Kier molecular flexibility index (Phi) is 6.78. The number of aliphatic carboxylic acids is 1. The molecule has 0 rings (SSSR count). The van der Waals surface area contributed by atoms with Gasteiger partial charge in [-0.05, 0) is 27.7 Å². The number of carboxylic acids is 1. The minimum Gasteiger partial charge on any atom is -0.480 e. The van der Waals surface area contributed by atoms with E-state index < -0.39 is 29.8 Å². The Hall–Kier alpha value is -1.34. The number of hydrogen-bond acceptors (Lipinski definition) is 5. The fraction of sp³-hybridized carbons (Fsp3) is 0.833. The van der Waals surface area contributed by atoms with E-state index in [-0.39, 0.29) is 13.2 Å². The van der Waals surface area contributed by atoms with E-state index >= 15 is 0 Å². The number of nitrogens with zero attached hydrogens (tertiary/aromatic N) is 1. The largest absolute Gasteiger partial charge is 0.480 e. The quantitative estimate of drug-likeness (QED) is 0.742. The van der Waals surface area contributed by atoms with Gasteiger partial charge in [-0.25, -0.2) is 9.59 Å². The molecule has 0 heterocycles. The molecule has 0 saturated carbocycles. The van der Waals surface area contributed by atoms with Gasteiger partial charge in [-0.2, -0.15) is 0 Å². The molecule has 0 aliphatic rings. The van der Waals surface area contributed by atoms with Crippen molar-refractivity contribution in [3.63, 3.8) is 0 Å². The van der Waals surface area contributed by atoms with Crippen LogP contribution in [0.25, 0.3) is 0 Å². The lowest BCUT2D eigenvalue weighted by molar-refractivity contribution is -0.145. The van der Waals surface area contributed by atoms with Crippen LogP contribution < -0.4 is 0 Å². The summed E-state index contributed by atoms with van der Waals surface area (Å²) in [7, 11) is 1.33. The van der Waals surface area contributed by atoms with Gasteiger partial charge in [0.2, 0.25) is 0 Å². The number of aliphatic hydroxyl groups excluding tert-OH is 1. The highest BCUT2D eigenvalue weighted by Crippen LogP contribution is 2.11. The number of rotatable bonds is 6. The second kappa shape index (κ2) is 7.30. The molecule has 0 radical (unpaired) electrons. The molecule has 0 spiro atoms. The van der Waals surface area contributed by atoms with Crippen molar-refractivity contribution in [2.24, 2.45) is 0 Å². The van der Waals surface area contributed by atoms with E-state index in [1.165, 1.54) is 14.0 Å². The monoisotopic (exact) mass is 277 g/mol. The molecule has 1 amide bonds. The van der Waals surface area contributed by atoms with Crippen LogP contribution in [0.1, 0.15) is 27.7 Å². The standard InChI is InChI=1S/C12H23NO6/c1-8(14)6-18-7-9(10(15)16)13(5)11(17)19-12(2,3)4/h8-9,14H,6-7H2,1-5H3,(H,15,16)/t8-,9+/m1/s1. The predicted octanol–water partition coefficient (Wildman–Crippen LogP) is 0.704. The molecule has 0 aromatic carbocycles. The maximum Gasteiger partial charge on any atom is 0.410 e. The van der Waals surface area contributed by atoms with Crippen LogP contribution in [-0.4, -0.2) is 65.2 Å². The lowest BCUT2D eigenvalue weighted by Gasteiger charge is -2.28. The zero-order valence-electron chi connectivity index (χ0n) is 12.0. The first-order valence-corrected chi connectivity index (χ1v) is 5.99. The van der Waals surface area contributed by atoms with Crippen LogP contribution in [-0.2, 0) is 14.3 Å². The third-order valence-corrected chi connectivity index (χ3v) is 2.07. The molecule has 7 nitrogen and oxygen atoms in total. The molecule has 0 bridgehead atoms. The third-order valence-electron chi connectivity index (χ3n) is 2.07. The fourth-order valence-electron chi connectivity index (χ4n) is 1.16. The van der Waals surface area contributed by atoms with Crippen molar-refractivity contribution in [3.05, 3.63) is 0 Å². The molecule has 2 N–H and O–H groups in total. The summed E-state index contributed by atoms with van der Waals surface area (Å²) in [6.45, 7) is 6.39. The summed E-state index contributed by atoms with van der Waals surface area (Å²) in [6.07, 6.45) is -1.43. The lowest BCUT2D eigenvalue weighted by atomic mass is 10.2. The summed E-state index contributed by atoms with van der Waals surface area (Å²) in [5, 5.41) is 18.1. The van der Waals surface area contributed by atoms with Crippen LogP contribution in [0.5, 0.6) is 0 Å². The zero-order valence-corrected chi connectivity index (χ0v) is 12.0. The van der Waals surface area contributed by atoms with Gasteiger partial charge in [-0.15, -0.1) is 0 Å². The molecule has 0 fully saturated rings. The van der Waals surface area contributed by atoms with Crippen molar-refractivity contribution in [1.29, 1.82) is 0 Å². The first-order valence-electron chi connectivity index (χ1n) is 5.99. The van der Waals surface area contributed by atoms with Crippen molar-refractivity contribution < 1.29 is 29.3 Å². The molecule has 0 aromatic rings. The van der Waals surface area contributed by atoms with Crippen LogP contribution in [0.3, 0.4) is 0 Å². The Morgan fingerprint density at radius 3 is 2.16 bits per heavy atom. The topological polar surface area (TPSA) is 96.3 Å². The Morgan fingerprint density at radius 2 is 1.79 bits per heavy atom. The van der Waals surface area contributed by atoms with Gasteiger partial charge in [-0.3, -0.25) is 4.90 Å². The van der Waals surface area contributed by atoms with Gasteiger partial charge < -0.3 is 19.7 Å². The van der Waals surface area contributed by atoms with Gasteiger partial charge in [0.15, 0.2) is 6.04 Å². The number of amides is 1. The van der Waals surface area contributed by atoms with Crippen molar-refractivity contribution in [1.82, 2.24) is 4.90 Å². The number of aliphatic hydroxyl groups is 1. The van der Waals surface area contributed by atoms with Crippen LogP contribution in [0.4, 0.5) is 4.79 Å². The van der Waals surface area contributed by atoms with Crippen molar-refractivity contribution in [2.45, 2.75) is 45.4 Å². The number of carboxylic acid groups (broad SMARTS) is 1. The second-order valence-corrected chi connectivity index (χ2v) is 5.33. The van der Waals surface area contributed by atoms with Gasteiger partial charge >= 0.3 is 12.1 Å². The van der Waals surface area contributed by atoms with Crippen LogP contribution in [0, 0.1) is 0 Å². The summed E-state index contributed by atoms with van der Waals surface area (Å²) in [4.78, 5) is 23.8. The first kappa shape index (κ1) is 17.7. The Balaban J connectivity index is 4.52. The number of likely N-dealkylation sites (N-methyl/N-ethyl adjacent to an activating group) is 1. The lowest BCUT2D eigenvalue weighted by Crippen LogP contribution is -2.47. The Labute approximate surface area is 113 Å². The van der Waals surface area contributed by atoms with E-state index in [4.69, 9.17) is 19.7 Å². The molecule has 0 unspecified atom stereocenters. The number of hydrogen-bond donors (Lipinski definition) is 2. The molecular formula is C12H23NO6. The SMILES string of the molecule is C[C@@H](O)COC[C@@H](C(=O)O)N(C)C(=O)OC(C)(C)C. The Morgan fingerprint density at radius 1 is 1.26 bits per heavy atom. The van der Waals surface area contributed by atoms with E-state index in [0.717, 1.165) is 4.90 Å². The smallest absolute Gasteiger partial charge is 0.410 e. The van der Waals surface area contributed by atoms with Crippen molar-refractivity contribution >= 4 is 12.1 Å². The van der Waals surface area contributed by atoms with E-state index in [0.29, 0.717) is 0 Å². The van der Waals surface area contributed by atoms with Gasteiger partial charge in [0.1, 0.15) is 5.60 Å². The summed E-state index contributed by atoms with van der Waals surface area (Å²) >= 11 is 0. The summed E-state index contributed by atoms with van der Waals surface area (Å²) in [6, 6.07) is -1.16. The normalized spacial score (nSPS) is 14.6. The molecule has 2 atom stereocenters. The third kappa shape index (κ3) is 7.63. The highest BCUT2D eigenvalue weighted by atomic mass is 16.6. The summed E-state index contributed by atoms with van der Waals surface area (Å²) < 4.78 is 10.1. The van der Waals surface area contributed by atoms with E-state index in [1.54, 1.807) is 20.8 Å². The fourth-order valence-corrected chi connectivity index (χ4v) is 1.16. The molecule has 7 heteroatoms. The second-order valence-electron chi connectivity index (χ2n) is 5.33. The highest BCUT2D eigenvalue weighted by Gasteiger charge is 2.30. The minimum absolute atomic E-state index is 0.00589. The summed E-state index contributed by atoms with van der Waals surface area (Å²) in [5.74, 6) is -1.20. The average molecular weight is 277 g/mol. The van der Waals surface area contributed by atoms with Gasteiger partial charge in [0.05, 0.1) is 19.3 Å². The number of carbonyl (C=O) groups excluding carboxylic acids is 1. The maximum absolute atomic E-state index is 11.7. The highest BCUT2D eigenvalue weighted by molar-refractivity contribution is 5.80. The van der Waals surface area contributed by atoms with E-state index in [9.17, 15) is 9.59 Å². The van der Waals surface area contributed by atoms with Gasteiger partial charge in [0.25, 0.3) is 0 Å². The van der Waals surface area contributed by atoms with Crippen LogP contribution in [0.15, 0.2) is 0 Å². The Bertz CT molecular complexity index is 310. The zero-order chi connectivity index (χ0) is 15.2. The summed E-state index contributed by atoms with van der Waals surface area (Å²) in [5.41, 5.74) is -0.700. The molecule has 112 valence electrons. The molecular weight excluding hydrogens is 254 g/mol. The molecule has 0 aromatic heterocycles. The first-order chi connectivity index (χ1) is 8.54. The van der Waals surface area contributed by atoms with Crippen molar-refractivity contribution in [2.75, 3.05) is 20.3 Å². The molecule has 19 heavy (non-hydrogen) atoms. The average Bonchev–Trinajstić information content (AvgIpc) is 2.20. The minimum atomic E-state index is -1.20. The van der Waals surface area contributed by atoms with Crippen LogP contribution >= 0.6 is 0 Å². The van der Waals surface area contributed by atoms with E-state index in [2.05, 4.69) is 0 Å². The number of ether oxygens (including phenoxy) is 2. The molecule has 0 aliphatic heterocycles. The van der Waals surface area contributed by atoms with Crippen LogP contribution in [0.2, 0.25) is 0 Å².